The summed E-state index contributed by atoms with van der Waals surface area (Å²) >= 11 is 7.53. The van der Waals surface area contributed by atoms with Crippen molar-refractivity contribution in [1.29, 1.82) is 0 Å². The first-order valence-corrected chi connectivity index (χ1v) is 8.63. The molecule has 1 N–H and O–H groups in total. The Morgan fingerprint density at radius 2 is 2.12 bits per heavy atom. The van der Waals surface area contributed by atoms with Gasteiger partial charge in [-0.05, 0) is 32.0 Å². The van der Waals surface area contributed by atoms with E-state index >= 15 is 0 Å². The number of thioether (sulfide) groups is 1. The largest absolute Gasteiger partial charge is 0.351 e. The van der Waals surface area contributed by atoms with Crippen LogP contribution in [0.25, 0.3) is 4.91 Å². The number of anilines is 1. The van der Waals surface area contributed by atoms with Crippen LogP contribution in [-0.2, 0) is 10.2 Å². The van der Waals surface area contributed by atoms with Crippen LogP contribution in [-0.4, -0.2) is 21.5 Å². The summed E-state index contributed by atoms with van der Waals surface area (Å²) in [7, 11) is 0. The Bertz CT molecular complexity index is 959. The minimum absolute atomic E-state index is 0.0220. The molecule has 0 atom stereocenters. The standard InChI is InChI=1S/C17H14ClN3O2S/c1-8(22)21-7-10-13(20-21)15-14(16(23)17(10,2)3)19-11-6-9(18)4-5-12(11)24-15/h4-7,19H,1-3H3. The van der Waals surface area contributed by atoms with Crippen LogP contribution >= 0.6 is 23.4 Å². The van der Waals surface area contributed by atoms with Crippen LogP contribution in [0.1, 0.15) is 36.8 Å². The number of Topliss-reactive ketones (excluding diaryl/α,β-unsaturated/α-hetero) is 1. The van der Waals surface area contributed by atoms with Gasteiger partial charge in [0.15, 0.2) is 5.78 Å². The van der Waals surface area contributed by atoms with Crippen molar-refractivity contribution in [3.63, 3.8) is 0 Å². The van der Waals surface area contributed by atoms with Crippen LogP contribution in [0, 0.1) is 0 Å². The summed E-state index contributed by atoms with van der Waals surface area (Å²) in [5, 5.41) is 8.25. The molecule has 0 amide bonds. The highest BCUT2D eigenvalue weighted by molar-refractivity contribution is 8.08. The van der Waals surface area contributed by atoms with Crippen molar-refractivity contribution in [1.82, 2.24) is 9.78 Å². The van der Waals surface area contributed by atoms with Crippen LogP contribution in [0.2, 0.25) is 5.02 Å². The van der Waals surface area contributed by atoms with Crippen molar-refractivity contribution in [2.24, 2.45) is 0 Å². The van der Waals surface area contributed by atoms with E-state index in [2.05, 4.69) is 10.4 Å². The fourth-order valence-corrected chi connectivity index (χ4v) is 4.20. The number of halogens is 1. The smallest absolute Gasteiger partial charge is 0.243 e. The Kier molecular flexibility index (Phi) is 3.21. The lowest BCUT2D eigenvalue weighted by atomic mass is 9.76. The Labute approximate surface area is 148 Å². The van der Waals surface area contributed by atoms with Gasteiger partial charge in [0.25, 0.3) is 0 Å². The molecule has 1 aromatic heterocycles. The first-order valence-electron chi connectivity index (χ1n) is 7.44. The number of hydrogen-bond donors (Lipinski definition) is 1. The molecule has 2 aliphatic rings. The van der Waals surface area contributed by atoms with E-state index in [1.165, 1.54) is 23.4 Å². The predicted octanol–water partition coefficient (Wildman–Crippen LogP) is 3.94. The number of nitrogens with one attached hydrogen (secondary N) is 1. The predicted molar refractivity (Wildman–Crippen MR) is 94.4 cm³/mol. The van der Waals surface area contributed by atoms with Gasteiger partial charge in [-0.2, -0.15) is 5.10 Å². The second kappa shape index (κ2) is 4.97. The van der Waals surface area contributed by atoms with E-state index in [1.807, 2.05) is 26.0 Å². The van der Waals surface area contributed by atoms with Gasteiger partial charge in [-0.1, -0.05) is 23.4 Å². The van der Waals surface area contributed by atoms with Gasteiger partial charge in [0.2, 0.25) is 5.91 Å². The van der Waals surface area contributed by atoms with E-state index in [9.17, 15) is 9.59 Å². The van der Waals surface area contributed by atoms with E-state index in [0.717, 1.165) is 21.1 Å². The molecule has 0 radical (unpaired) electrons. The lowest BCUT2D eigenvalue weighted by molar-refractivity contribution is -0.119. The number of carbonyl (C=O) groups excluding carboxylic acids is 2. The number of hydrogen-bond acceptors (Lipinski definition) is 5. The maximum absolute atomic E-state index is 13.0. The monoisotopic (exact) mass is 359 g/mol. The molecular weight excluding hydrogens is 346 g/mol. The number of rotatable bonds is 0. The van der Waals surface area contributed by atoms with Gasteiger partial charge in [0.05, 0.1) is 21.7 Å². The van der Waals surface area contributed by atoms with Crippen molar-refractivity contribution >= 4 is 45.6 Å². The third-order valence-corrected chi connectivity index (χ3v) is 5.77. The molecule has 0 spiro atoms. The molecule has 1 aromatic carbocycles. The molecule has 24 heavy (non-hydrogen) atoms. The Balaban J connectivity index is 1.93. The van der Waals surface area contributed by atoms with Crippen molar-refractivity contribution in [3.8, 4) is 0 Å². The van der Waals surface area contributed by atoms with Crippen LogP contribution in [0.5, 0.6) is 0 Å². The van der Waals surface area contributed by atoms with Crippen LogP contribution in [0.3, 0.4) is 0 Å². The van der Waals surface area contributed by atoms with E-state index in [0.29, 0.717) is 16.4 Å². The first kappa shape index (κ1) is 15.5. The molecule has 2 aromatic rings. The first-order chi connectivity index (χ1) is 11.3. The summed E-state index contributed by atoms with van der Waals surface area (Å²) < 4.78 is 1.30. The quantitative estimate of drug-likeness (QED) is 0.771. The summed E-state index contributed by atoms with van der Waals surface area (Å²) in [4.78, 5) is 26.5. The molecule has 5 nitrogen and oxygen atoms in total. The van der Waals surface area contributed by atoms with E-state index < -0.39 is 5.41 Å². The van der Waals surface area contributed by atoms with Crippen LogP contribution in [0.4, 0.5) is 5.69 Å². The average molecular weight is 360 g/mol. The molecule has 2 heterocycles. The summed E-state index contributed by atoms with van der Waals surface area (Å²) in [5.41, 5.74) is 2.02. The fourth-order valence-electron chi connectivity index (χ4n) is 2.96. The molecule has 1 aliphatic carbocycles. The normalized spacial score (nSPS) is 17.8. The molecule has 0 saturated carbocycles. The van der Waals surface area contributed by atoms with Crippen molar-refractivity contribution < 1.29 is 9.59 Å². The zero-order valence-corrected chi connectivity index (χ0v) is 14.9. The fraction of sp³-hybridized carbons (Fsp3) is 0.235. The molecule has 0 saturated heterocycles. The zero-order chi connectivity index (χ0) is 17.2. The van der Waals surface area contributed by atoms with Crippen molar-refractivity contribution in [2.45, 2.75) is 31.1 Å². The number of carbonyl (C=O) groups is 2. The summed E-state index contributed by atoms with van der Waals surface area (Å²) in [6.45, 7) is 5.15. The number of ketones is 1. The van der Waals surface area contributed by atoms with E-state index in [4.69, 9.17) is 11.6 Å². The van der Waals surface area contributed by atoms with Gasteiger partial charge >= 0.3 is 0 Å². The highest BCUT2D eigenvalue weighted by atomic mass is 35.5. The molecule has 4 rings (SSSR count). The van der Waals surface area contributed by atoms with Gasteiger partial charge in [-0.25, -0.2) is 4.68 Å². The number of fused-ring (bicyclic) bond motifs is 3. The lowest BCUT2D eigenvalue weighted by Gasteiger charge is -2.33. The molecule has 0 unspecified atom stereocenters. The maximum atomic E-state index is 13.0. The number of aromatic nitrogens is 2. The Hall–Kier alpha value is -2.05. The summed E-state index contributed by atoms with van der Waals surface area (Å²) in [5.74, 6) is -0.207. The SMILES string of the molecule is CC(=O)n1cc2c(n1)C1=C(Nc3cc(Cl)ccc3S1)C(=O)C2(C)C. The van der Waals surface area contributed by atoms with Crippen LogP contribution in [0.15, 0.2) is 35.0 Å². The zero-order valence-electron chi connectivity index (χ0n) is 13.3. The number of allylic oxidation sites excluding steroid dienone is 1. The third kappa shape index (κ3) is 2.06. The van der Waals surface area contributed by atoms with Gasteiger partial charge in [0, 0.05) is 28.6 Å². The van der Waals surface area contributed by atoms with Gasteiger partial charge in [0.1, 0.15) is 5.69 Å². The van der Waals surface area contributed by atoms with E-state index in [-0.39, 0.29) is 11.7 Å². The molecule has 122 valence electrons. The molecule has 0 bridgehead atoms. The Morgan fingerprint density at radius 3 is 2.83 bits per heavy atom. The van der Waals surface area contributed by atoms with Crippen molar-refractivity contribution in [2.75, 3.05) is 5.32 Å². The molecule has 7 heteroatoms. The molecule has 0 fully saturated rings. The maximum Gasteiger partial charge on any atom is 0.243 e. The van der Waals surface area contributed by atoms with E-state index in [1.54, 1.807) is 12.3 Å². The topological polar surface area (TPSA) is 64.0 Å². The Morgan fingerprint density at radius 1 is 1.38 bits per heavy atom. The average Bonchev–Trinajstić information content (AvgIpc) is 2.98. The van der Waals surface area contributed by atoms with Crippen molar-refractivity contribution in [3.05, 3.63) is 46.4 Å². The number of benzene rings is 1. The molecular formula is C17H14ClN3O2S. The van der Waals surface area contributed by atoms with Gasteiger partial charge < -0.3 is 5.32 Å². The minimum atomic E-state index is -0.758. The highest BCUT2D eigenvalue weighted by Crippen LogP contribution is 2.51. The minimum Gasteiger partial charge on any atom is -0.351 e. The molecule has 1 aliphatic heterocycles. The van der Waals surface area contributed by atoms with Gasteiger partial charge in [-0.15, -0.1) is 0 Å². The third-order valence-electron chi connectivity index (χ3n) is 4.36. The number of nitrogens with zero attached hydrogens (tertiary/aromatic N) is 2. The second-order valence-electron chi connectivity index (χ2n) is 6.38. The second-order valence-corrected chi connectivity index (χ2v) is 7.87. The summed E-state index contributed by atoms with van der Waals surface area (Å²) in [6.07, 6.45) is 1.66. The highest BCUT2D eigenvalue weighted by Gasteiger charge is 2.44. The lowest BCUT2D eigenvalue weighted by Crippen LogP contribution is -2.37. The summed E-state index contributed by atoms with van der Waals surface area (Å²) in [6, 6.07) is 5.52. The van der Waals surface area contributed by atoms with Crippen LogP contribution < -0.4 is 5.32 Å². The van der Waals surface area contributed by atoms with Gasteiger partial charge in [-0.3, -0.25) is 9.59 Å².